The molecule has 0 aromatic carbocycles. The fraction of sp³-hybridized carbons (Fsp3) is 0.469. The van der Waals surface area contributed by atoms with Crippen molar-refractivity contribution in [2.75, 3.05) is 0 Å². The number of pyridine rings is 1. The van der Waals surface area contributed by atoms with E-state index in [1.165, 1.54) is 6.20 Å². The molecule has 0 bridgehead atoms. The monoisotopic (exact) mass is 507 g/mol. The van der Waals surface area contributed by atoms with Crippen molar-refractivity contribution < 1.29 is 19.1 Å². The zero-order valence-electron chi connectivity index (χ0n) is 23.1. The highest BCUT2D eigenvalue weighted by Gasteiger charge is 2.27. The molecular weight excluding hydrogens is 462 g/mol. The Hall–Kier alpha value is -3.21. The second-order valence-electron chi connectivity index (χ2n) is 9.50. The Morgan fingerprint density at radius 1 is 0.919 bits per heavy atom. The summed E-state index contributed by atoms with van der Waals surface area (Å²) in [5, 5.41) is 0. The lowest BCUT2D eigenvalue weighted by Crippen LogP contribution is -2.33. The summed E-state index contributed by atoms with van der Waals surface area (Å²) in [6.45, 7) is 7.59. The molecule has 0 saturated carbocycles. The van der Waals surface area contributed by atoms with Gasteiger partial charge in [-0.15, -0.1) is 0 Å². The molecule has 0 saturated heterocycles. The summed E-state index contributed by atoms with van der Waals surface area (Å²) in [7, 11) is 0. The molecule has 0 radical (unpaired) electrons. The first-order valence-corrected chi connectivity index (χ1v) is 13.4. The van der Waals surface area contributed by atoms with E-state index in [2.05, 4.69) is 72.7 Å². The maximum atomic E-state index is 12.3. The molecule has 1 unspecified atom stereocenters. The van der Waals surface area contributed by atoms with Crippen molar-refractivity contribution in [2.45, 2.75) is 97.2 Å². The van der Waals surface area contributed by atoms with Gasteiger partial charge in [0.2, 0.25) is 0 Å². The van der Waals surface area contributed by atoms with Crippen molar-refractivity contribution in [2.24, 2.45) is 0 Å². The van der Waals surface area contributed by atoms with Crippen molar-refractivity contribution in [3.63, 3.8) is 0 Å². The molecule has 1 aromatic rings. The average molecular weight is 508 g/mol. The molecule has 0 fully saturated rings. The number of esters is 2. The van der Waals surface area contributed by atoms with Crippen LogP contribution in [0.4, 0.5) is 0 Å². The third-order valence-corrected chi connectivity index (χ3v) is 5.29. The van der Waals surface area contributed by atoms with Gasteiger partial charge < -0.3 is 9.47 Å². The predicted octanol–water partition coefficient (Wildman–Crippen LogP) is 8.26. The van der Waals surface area contributed by atoms with Gasteiger partial charge in [0.25, 0.3) is 0 Å². The largest absolute Gasteiger partial charge is 0.462 e. The van der Waals surface area contributed by atoms with E-state index >= 15 is 0 Å². The SMILES string of the molecule is CC/C=C\C/C=C\C/C=C\C/C=C\C/C=C\CCCC(=O)OC(C)CC(C)(C)OC(=O)c1cccnc1. The Morgan fingerprint density at radius 3 is 2.03 bits per heavy atom. The Kier molecular flexibility index (Phi) is 17.1. The Balaban J connectivity index is 2.12. The van der Waals surface area contributed by atoms with Crippen molar-refractivity contribution in [1.82, 2.24) is 4.98 Å². The first-order chi connectivity index (χ1) is 17.8. The smallest absolute Gasteiger partial charge is 0.340 e. The predicted molar refractivity (Wildman–Crippen MR) is 152 cm³/mol. The zero-order chi connectivity index (χ0) is 27.2. The van der Waals surface area contributed by atoms with Crippen molar-refractivity contribution in [3.05, 3.63) is 90.9 Å². The van der Waals surface area contributed by atoms with Crippen LogP contribution < -0.4 is 0 Å². The van der Waals surface area contributed by atoms with Gasteiger partial charge in [0.1, 0.15) is 11.7 Å². The number of hydrogen-bond acceptors (Lipinski definition) is 5. The number of allylic oxidation sites excluding steroid dienone is 10. The van der Waals surface area contributed by atoms with Gasteiger partial charge in [-0.3, -0.25) is 9.78 Å². The van der Waals surface area contributed by atoms with E-state index in [-0.39, 0.29) is 12.1 Å². The molecule has 1 heterocycles. The molecule has 37 heavy (non-hydrogen) atoms. The molecule has 1 atom stereocenters. The van der Waals surface area contributed by atoms with Gasteiger partial charge >= 0.3 is 11.9 Å². The summed E-state index contributed by atoms with van der Waals surface area (Å²) in [5.41, 5.74) is -0.364. The number of hydrogen-bond donors (Lipinski definition) is 0. The fourth-order valence-corrected chi connectivity index (χ4v) is 3.59. The lowest BCUT2D eigenvalue weighted by Gasteiger charge is -2.28. The van der Waals surface area contributed by atoms with Crippen LogP contribution in [0.15, 0.2) is 85.3 Å². The van der Waals surface area contributed by atoms with E-state index in [0.717, 1.165) is 44.9 Å². The lowest BCUT2D eigenvalue weighted by atomic mass is 10.0. The molecule has 5 heteroatoms. The third kappa shape index (κ3) is 17.8. The quantitative estimate of drug-likeness (QED) is 0.114. The van der Waals surface area contributed by atoms with Crippen LogP contribution in [0.5, 0.6) is 0 Å². The molecule has 0 aliphatic rings. The van der Waals surface area contributed by atoms with Crippen LogP contribution in [0.3, 0.4) is 0 Å². The molecular formula is C32H45NO4. The van der Waals surface area contributed by atoms with Gasteiger partial charge in [-0.05, 0) is 77.8 Å². The Bertz CT molecular complexity index is 910. The summed E-state index contributed by atoms with van der Waals surface area (Å²) >= 11 is 0. The van der Waals surface area contributed by atoms with Crippen LogP contribution in [-0.4, -0.2) is 28.6 Å². The van der Waals surface area contributed by atoms with Gasteiger partial charge in [-0.25, -0.2) is 4.79 Å². The highest BCUT2D eigenvalue weighted by atomic mass is 16.6. The van der Waals surface area contributed by atoms with Crippen LogP contribution in [0.25, 0.3) is 0 Å². The Labute approximate surface area is 224 Å². The van der Waals surface area contributed by atoms with Crippen LogP contribution in [0.2, 0.25) is 0 Å². The topological polar surface area (TPSA) is 65.5 Å². The summed E-state index contributed by atoms with van der Waals surface area (Å²) in [4.78, 5) is 28.4. The number of aromatic nitrogens is 1. The highest BCUT2D eigenvalue weighted by Crippen LogP contribution is 2.21. The van der Waals surface area contributed by atoms with E-state index in [9.17, 15) is 9.59 Å². The minimum absolute atomic E-state index is 0.228. The molecule has 0 amide bonds. The summed E-state index contributed by atoms with van der Waals surface area (Å²) in [5.74, 6) is -0.664. The van der Waals surface area contributed by atoms with E-state index in [1.807, 2.05) is 20.8 Å². The van der Waals surface area contributed by atoms with Gasteiger partial charge in [-0.2, -0.15) is 0 Å². The number of carbonyl (C=O) groups is 2. The van der Waals surface area contributed by atoms with Crippen molar-refractivity contribution >= 4 is 11.9 Å². The molecule has 0 aliphatic heterocycles. The van der Waals surface area contributed by atoms with Gasteiger partial charge in [0, 0.05) is 25.2 Å². The number of rotatable bonds is 18. The zero-order valence-corrected chi connectivity index (χ0v) is 23.1. The van der Waals surface area contributed by atoms with Gasteiger partial charge in [-0.1, -0.05) is 67.7 Å². The number of nitrogens with zero attached hydrogens (tertiary/aromatic N) is 1. The van der Waals surface area contributed by atoms with Crippen LogP contribution in [-0.2, 0) is 14.3 Å². The first kappa shape index (κ1) is 31.8. The van der Waals surface area contributed by atoms with Crippen molar-refractivity contribution in [3.8, 4) is 0 Å². The van der Waals surface area contributed by atoms with Gasteiger partial charge in [0.15, 0.2) is 0 Å². The molecule has 0 aliphatic carbocycles. The van der Waals surface area contributed by atoms with E-state index in [1.54, 1.807) is 18.3 Å². The summed E-state index contributed by atoms with van der Waals surface area (Å²) in [6, 6.07) is 3.35. The lowest BCUT2D eigenvalue weighted by molar-refractivity contribution is -0.150. The highest BCUT2D eigenvalue weighted by molar-refractivity contribution is 5.89. The van der Waals surface area contributed by atoms with Crippen molar-refractivity contribution in [1.29, 1.82) is 0 Å². The number of carbonyl (C=O) groups excluding carboxylic acids is 2. The van der Waals surface area contributed by atoms with E-state index in [0.29, 0.717) is 18.4 Å². The normalized spacial score (nSPS) is 13.4. The standard InChI is InChI=1S/C32H45NO4/c1-5-6-7-8-9-10-11-12-13-14-15-16-17-18-19-20-21-24-30(34)36-28(2)26-32(3,4)37-31(35)29-23-22-25-33-27-29/h6-7,9-10,12-13,15-16,18-19,22-23,25,27-28H,5,8,11,14,17,20-21,24,26H2,1-4H3/b7-6-,10-9-,13-12-,16-15-,19-18-. The van der Waals surface area contributed by atoms with Crippen LogP contribution >= 0.6 is 0 Å². The molecule has 1 aromatic heterocycles. The molecule has 202 valence electrons. The van der Waals surface area contributed by atoms with Gasteiger partial charge in [0.05, 0.1) is 5.56 Å². The van der Waals surface area contributed by atoms with E-state index in [4.69, 9.17) is 9.47 Å². The molecule has 0 spiro atoms. The maximum absolute atomic E-state index is 12.3. The summed E-state index contributed by atoms with van der Waals surface area (Å²) < 4.78 is 11.1. The molecule has 5 nitrogen and oxygen atoms in total. The van der Waals surface area contributed by atoms with E-state index < -0.39 is 11.6 Å². The van der Waals surface area contributed by atoms with Crippen LogP contribution in [0.1, 0.15) is 95.8 Å². The third-order valence-electron chi connectivity index (χ3n) is 5.29. The number of unbranched alkanes of at least 4 members (excludes halogenated alkanes) is 1. The fourth-order valence-electron chi connectivity index (χ4n) is 3.59. The second kappa shape index (κ2) is 19.9. The minimum Gasteiger partial charge on any atom is -0.462 e. The van der Waals surface area contributed by atoms with Crippen LogP contribution in [0, 0.1) is 0 Å². The average Bonchev–Trinajstić information content (AvgIpc) is 2.85. The Morgan fingerprint density at radius 2 is 1.49 bits per heavy atom. The first-order valence-electron chi connectivity index (χ1n) is 13.4. The minimum atomic E-state index is -0.762. The number of ether oxygens (including phenoxy) is 2. The maximum Gasteiger partial charge on any atom is 0.340 e. The summed E-state index contributed by atoms with van der Waals surface area (Å²) in [6.07, 6.45) is 31.7. The molecule has 0 N–H and O–H groups in total. The second-order valence-corrected chi connectivity index (χ2v) is 9.50. The molecule has 1 rings (SSSR count).